The first kappa shape index (κ1) is 31.2. The zero-order valence-corrected chi connectivity index (χ0v) is 32.4. The molecule has 0 spiro atoms. The van der Waals surface area contributed by atoms with Crippen LogP contribution in [0.4, 0.5) is 0 Å². The molecule has 3 aromatic heterocycles. The minimum absolute atomic E-state index is 0.460. The number of para-hydroxylation sites is 1. The van der Waals surface area contributed by atoms with Gasteiger partial charge in [0.05, 0.1) is 39.8 Å². The van der Waals surface area contributed by atoms with Crippen LogP contribution in [0.25, 0.3) is 81.9 Å². The number of fused-ring (bicyclic) bond motifs is 10. The molecule has 17 rings (SSSR count). The maximum atomic E-state index is 11.0. The lowest BCUT2D eigenvalue weighted by Gasteiger charge is -2.38. The summed E-state index contributed by atoms with van der Waals surface area (Å²) in [6.07, 6.45) is 12.5. The first-order valence-corrected chi connectivity index (χ1v) is 22.1. The van der Waals surface area contributed by atoms with Gasteiger partial charge in [-0.15, -0.1) is 0 Å². The van der Waals surface area contributed by atoms with Crippen LogP contribution in [0.5, 0.6) is 0 Å². The van der Waals surface area contributed by atoms with Gasteiger partial charge in [0.2, 0.25) is 0 Å². The lowest BCUT2D eigenvalue weighted by Crippen LogP contribution is -2.25. The molecule has 9 aromatic rings. The number of furan rings is 1. The van der Waals surface area contributed by atoms with Crippen molar-refractivity contribution in [2.45, 2.75) is 87.9 Å². The average molecular weight is 748 g/mol. The first-order valence-electron chi connectivity index (χ1n) is 22.1. The van der Waals surface area contributed by atoms with Gasteiger partial charge in [0.1, 0.15) is 11.2 Å². The van der Waals surface area contributed by atoms with Crippen molar-refractivity contribution in [2.75, 3.05) is 0 Å². The molecule has 0 saturated heterocycles. The van der Waals surface area contributed by atoms with Crippen LogP contribution in [0.1, 0.15) is 121 Å². The molecule has 3 heterocycles. The number of nitriles is 2. The van der Waals surface area contributed by atoms with Gasteiger partial charge in [0.25, 0.3) is 0 Å². The Morgan fingerprint density at radius 3 is 1.55 bits per heavy atom. The van der Waals surface area contributed by atoms with E-state index in [9.17, 15) is 10.5 Å². The summed E-state index contributed by atoms with van der Waals surface area (Å²) in [6.45, 7) is 0. The predicted octanol–water partition coefficient (Wildman–Crippen LogP) is 14.1. The fraction of sp³-hybridized carbons (Fsp3) is 0.333. The zero-order valence-electron chi connectivity index (χ0n) is 32.4. The third-order valence-electron chi connectivity index (χ3n) is 17.0. The van der Waals surface area contributed by atoms with Crippen molar-refractivity contribution >= 4 is 70.8 Å². The highest BCUT2D eigenvalue weighted by molar-refractivity contribution is 6.28. The van der Waals surface area contributed by atoms with Gasteiger partial charge < -0.3 is 8.82 Å². The van der Waals surface area contributed by atoms with Crippen LogP contribution in [0.15, 0.2) is 83.3 Å². The summed E-state index contributed by atoms with van der Waals surface area (Å²) in [5.74, 6) is 4.87. The lowest BCUT2D eigenvalue weighted by atomic mass is 9.67. The molecule has 4 saturated carbocycles. The molecular formula is C54H41N3O. The maximum absolute atomic E-state index is 11.0. The molecule has 6 aromatic carbocycles. The number of hydrogen-bond acceptors (Lipinski definition) is 3. The minimum atomic E-state index is 0.460. The molecular weight excluding hydrogens is 707 g/mol. The second-order valence-corrected chi connectivity index (χ2v) is 19.8. The monoisotopic (exact) mass is 747 g/mol. The van der Waals surface area contributed by atoms with Crippen LogP contribution in [-0.2, 0) is 0 Å². The van der Waals surface area contributed by atoms with Crippen molar-refractivity contribution in [1.82, 2.24) is 4.40 Å². The largest absolute Gasteiger partial charge is 0.455 e. The topological polar surface area (TPSA) is 65.1 Å². The van der Waals surface area contributed by atoms with E-state index < -0.39 is 0 Å². The number of rotatable bonds is 1. The summed E-state index contributed by atoms with van der Waals surface area (Å²) in [6, 6.07) is 34.8. The molecule has 0 aliphatic heterocycles. The van der Waals surface area contributed by atoms with E-state index >= 15 is 0 Å². The molecule has 4 unspecified atom stereocenters. The molecule has 8 aliphatic rings. The van der Waals surface area contributed by atoms with Gasteiger partial charge in [-0.2, -0.15) is 10.5 Å². The second kappa shape index (κ2) is 10.6. The van der Waals surface area contributed by atoms with Crippen molar-refractivity contribution in [2.24, 2.45) is 23.7 Å². The highest BCUT2D eigenvalue weighted by atomic mass is 16.3. The van der Waals surface area contributed by atoms with Gasteiger partial charge in [0.15, 0.2) is 0 Å². The van der Waals surface area contributed by atoms with E-state index in [0.717, 1.165) is 62.3 Å². The smallest absolute Gasteiger partial charge is 0.143 e. The van der Waals surface area contributed by atoms with Crippen LogP contribution in [0.3, 0.4) is 0 Å². The summed E-state index contributed by atoms with van der Waals surface area (Å²) < 4.78 is 9.46. The summed E-state index contributed by atoms with van der Waals surface area (Å²) in [5, 5.41) is 32.2. The average Bonchev–Trinajstić information content (AvgIpc) is 3.79. The highest BCUT2D eigenvalue weighted by Crippen LogP contribution is 2.62. The van der Waals surface area contributed by atoms with Crippen LogP contribution in [0.2, 0.25) is 0 Å². The van der Waals surface area contributed by atoms with Crippen LogP contribution >= 0.6 is 0 Å². The Balaban J connectivity index is 1.17. The first-order chi connectivity index (χ1) is 28.6. The Bertz CT molecular complexity index is 3280. The predicted molar refractivity (Wildman–Crippen MR) is 232 cm³/mol. The van der Waals surface area contributed by atoms with Crippen molar-refractivity contribution in [3.05, 3.63) is 112 Å². The Kier molecular flexibility index (Phi) is 5.70. The van der Waals surface area contributed by atoms with Crippen LogP contribution in [-0.4, -0.2) is 4.40 Å². The normalized spacial score (nSPS) is 28.0. The summed E-state index contributed by atoms with van der Waals surface area (Å²) in [7, 11) is 0. The van der Waals surface area contributed by atoms with Gasteiger partial charge in [0, 0.05) is 37.9 Å². The molecule has 0 N–H and O–H groups in total. The maximum Gasteiger partial charge on any atom is 0.143 e. The quantitative estimate of drug-likeness (QED) is 0.168. The van der Waals surface area contributed by atoms with E-state index in [1.54, 1.807) is 0 Å². The van der Waals surface area contributed by atoms with E-state index in [-0.39, 0.29) is 0 Å². The van der Waals surface area contributed by atoms with Gasteiger partial charge in [-0.3, -0.25) is 0 Å². The van der Waals surface area contributed by atoms with Gasteiger partial charge in [-0.25, -0.2) is 0 Å². The Morgan fingerprint density at radius 2 is 1.00 bits per heavy atom. The van der Waals surface area contributed by atoms with Crippen molar-refractivity contribution in [3.63, 3.8) is 0 Å². The number of aromatic nitrogens is 1. The third kappa shape index (κ3) is 3.73. The van der Waals surface area contributed by atoms with Gasteiger partial charge in [-0.05, 0) is 187 Å². The van der Waals surface area contributed by atoms with Crippen molar-refractivity contribution < 1.29 is 4.42 Å². The molecule has 4 nitrogen and oxygen atoms in total. The van der Waals surface area contributed by atoms with Crippen LogP contribution in [0, 0.1) is 46.3 Å². The van der Waals surface area contributed by atoms with E-state index in [4.69, 9.17) is 4.42 Å². The molecule has 278 valence electrons. The number of nitrogens with zero attached hydrogens (tertiary/aromatic N) is 3. The van der Waals surface area contributed by atoms with Gasteiger partial charge >= 0.3 is 0 Å². The second-order valence-electron chi connectivity index (χ2n) is 19.8. The third-order valence-corrected chi connectivity index (χ3v) is 17.0. The van der Waals surface area contributed by atoms with E-state index in [0.29, 0.717) is 23.7 Å². The Hall–Kier alpha value is -5.84. The Morgan fingerprint density at radius 1 is 0.500 bits per heavy atom. The molecule has 4 atom stereocenters. The summed E-state index contributed by atoms with van der Waals surface area (Å²) >= 11 is 0. The highest BCUT2D eigenvalue weighted by Gasteiger charge is 2.47. The van der Waals surface area contributed by atoms with Gasteiger partial charge in [-0.1, -0.05) is 42.5 Å². The fourth-order valence-corrected chi connectivity index (χ4v) is 15.5. The molecule has 4 heteroatoms. The molecule has 8 bridgehead atoms. The fourth-order valence-electron chi connectivity index (χ4n) is 15.5. The van der Waals surface area contributed by atoms with Crippen molar-refractivity contribution in [3.8, 4) is 23.3 Å². The van der Waals surface area contributed by atoms with E-state index in [1.165, 1.54) is 141 Å². The summed E-state index contributed by atoms with van der Waals surface area (Å²) in [4.78, 5) is 0. The SMILES string of the molecule is N#Cc1cc2c(c3c1C1CC4CC(C1)CC3C4)c1cc(-c3c4ccccc4cc4c3oc3ccccc34)cc3c4c5c(c(C#N)cc4n2c13)C1CC2CC(C1)CC5C2. The lowest BCUT2D eigenvalue weighted by molar-refractivity contribution is 0.166. The molecule has 4 fully saturated rings. The summed E-state index contributed by atoms with van der Waals surface area (Å²) in [5.41, 5.74) is 15.3. The Labute approximate surface area is 336 Å². The number of hydrogen-bond donors (Lipinski definition) is 0. The standard InChI is InChI=1S/C54H41N3O/c55-24-36-22-43-51(49-33-15-26-9-27(16-33)12-31(11-26)46(36)49)41-20-35(48-38-6-2-1-5-30(38)19-40-39-7-3-4-8-45(39)58-54(40)48)21-42-52-44(57(43)53(41)42)23-37(25-56)47-32-13-28-10-29(14-32)18-34(17-28)50(47)52/h1-8,19-23,26-29,31-34H,9-18H2. The molecule has 0 amide bonds. The molecule has 0 radical (unpaired) electrons. The van der Waals surface area contributed by atoms with Crippen molar-refractivity contribution in [1.29, 1.82) is 10.5 Å². The minimum Gasteiger partial charge on any atom is -0.455 e. The van der Waals surface area contributed by atoms with E-state index in [2.05, 4.69) is 95.4 Å². The van der Waals surface area contributed by atoms with E-state index in [1.807, 2.05) is 0 Å². The molecule has 8 aliphatic carbocycles. The molecule has 58 heavy (non-hydrogen) atoms. The zero-order chi connectivity index (χ0) is 37.7. The van der Waals surface area contributed by atoms with Crippen LogP contribution < -0.4 is 0 Å². The number of benzene rings is 6.